The van der Waals surface area contributed by atoms with Crippen molar-refractivity contribution < 1.29 is 4.92 Å². The van der Waals surface area contributed by atoms with Crippen LogP contribution in [0.5, 0.6) is 0 Å². The second-order valence-electron chi connectivity index (χ2n) is 4.94. The lowest BCUT2D eigenvalue weighted by Crippen LogP contribution is -2.24. The van der Waals surface area contributed by atoms with E-state index in [9.17, 15) is 10.1 Å². The molecule has 2 rings (SSSR count). The maximum Gasteiger partial charge on any atom is 0.312 e. The predicted octanol–water partition coefficient (Wildman–Crippen LogP) is 2.85. The highest BCUT2D eigenvalue weighted by Crippen LogP contribution is 2.31. The van der Waals surface area contributed by atoms with Gasteiger partial charge in [-0.15, -0.1) is 0 Å². The van der Waals surface area contributed by atoms with Crippen molar-refractivity contribution >= 4 is 11.5 Å². The highest BCUT2D eigenvalue weighted by Gasteiger charge is 2.24. The van der Waals surface area contributed by atoms with Gasteiger partial charge in [-0.3, -0.25) is 10.1 Å². The topological polar surface area (TPSA) is 91.8 Å². The van der Waals surface area contributed by atoms with Crippen LogP contribution in [0, 0.1) is 27.4 Å². The Bertz CT molecular complexity index is 518. The molecule has 1 N–H and O–H groups in total. The average Bonchev–Trinajstić information content (AvgIpc) is 2.92. The third-order valence-electron chi connectivity index (χ3n) is 3.66. The van der Waals surface area contributed by atoms with Crippen LogP contribution in [0.4, 0.5) is 11.5 Å². The van der Waals surface area contributed by atoms with Gasteiger partial charge in [-0.25, -0.2) is 4.98 Å². The molecule has 1 heterocycles. The molecule has 0 aliphatic heterocycles. The molecule has 1 fully saturated rings. The molecule has 1 aliphatic carbocycles. The SMILES string of the molecule is CC(Nc1ncc(C#N)cc1[N+](=O)[O-])C1CCCC1. The summed E-state index contributed by atoms with van der Waals surface area (Å²) in [7, 11) is 0. The van der Waals surface area contributed by atoms with Crippen molar-refractivity contribution in [2.75, 3.05) is 5.32 Å². The third-order valence-corrected chi connectivity index (χ3v) is 3.66. The number of pyridine rings is 1. The fourth-order valence-electron chi connectivity index (χ4n) is 2.56. The van der Waals surface area contributed by atoms with E-state index in [1.165, 1.54) is 25.1 Å². The van der Waals surface area contributed by atoms with Crippen molar-refractivity contribution in [1.29, 1.82) is 5.26 Å². The van der Waals surface area contributed by atoms with Crippen LogP contribution >= 0.6 is 0 Å². The van der Waals surface area contributed by atoms with E-state index in [2.05, 4.69) is 10.3 Å². The van der Waals surface area contributed by atoms with Gasteiger partial charge in [0.1, 0.15) is 6.07 Å². The summed E-state index contributed by atoms with van der Waals surface area (Å²) in [5, 5.41) is 22.9. The zero-order chi connectivity index (χ0) is 13.8. The lowest BCUT2D eigenvalue weighted by atomic mass is 10.00. The largest absolute Gasteiger partial charge is 0.362 e. The number of hydrogen-bond donors (Lipinski definition) is 1. The van der Waals surface area contributed by atoms with Gasteiger partial charge in [-0.2, -0.15) is 5.26 Å². The number of rotatable bonds is 4. The number of hydrogen-bond acceptors (Lipinski definition) is 5. The molecule has 1 aromatic rings. The van der Waals surface area contributed by atoms with E-state index >= 15 is 0 Å². The van der Waals surface area contributed by atoms with Crippen molar-refractivity contribution in [1.82, 2.24) is 4.98 Å². The van der Waals surface area contributed by atoms with Crippen molar-refractivity contribution in [3.8, 4) is 6.07 Å². The van der Waals surface area contributed by atoms with Gasteiger partial charge in [0.2, 0.25) is 5.82 Å². The van der Waals surface area contributed by atoms with Crippen LogP contribution in [0.25, 0.3) is 0 Å². The molecule has 0 amide bonds. The molecule has 1 aliphatic rings. The van der Waals surface area contributed by atoms with Gasteiger partial charge in [0.05, 0.1) is 10.5 Å². The molecule has 0 bridgehead atoms. The summed E-state index contributed by atoms with van der Waals surface area (Å²) in [6.45, 7) is 2.03. The Morgan fingerprint density at radius 2 is 2.26 bits per heavy atom. The monoisotopic (exact) mass is 260 g/mol. The fraction of sp³-hybridized carbons (Fsp3) is 0.538. The smallest absolute Gasteiger partial charge is 0.312 e. The van der Waals surface area contributed by atoms with E-state index in [0.29, 0.717) is 5.92 Å². The van der Waals surface area contributed by atoms with Crippen LogP contribution < -0.4 is 5.32 Å². The molecular formula is C13H16N4O2. The Labute approximate surface area is 111 Å². The molecule has 0 spiro atoms. The van der Waals surface area contributed by atoms with Crippen molar-refractivity contribution in [3.05, 3.63) is 27.9 Å². The maximum atomic E-state index is 11.0. The molecular weight excluding hydrogens is 244 g/mol. The molecule has 1 saturated carbocycles. The Morgan fingerprint density at radius 3 is 2.84 bits per heavy atom. The normalized spacial score (nSPS) is 16.8. The Balaban J connectivity index is 2.19. The number of nitrogens with one attached hydrogen (secondary N) is 1. The lowest BCUT2D eigenvalue weighted by molar-refractivity contribution is -0.384. The summed E-state index contributed by atoms with van der Waals surface area (Å²) in [4.78, 5) is 14.5. The first-order valence-corrected chi connectivity index (χ1v) is 6.43. The minimum absolute atomic E-state index is 0.135. The summed E-state index contributed by atoms with van der Waals surface area (Å²) in [5.74, 6) is 0.792. The zero-order valence-corrected chi connectivity index (χ0v) is 10.8. The van der Waals surface area contributed by atoms with E-state index < -0.39 is 4.92 Å². The number of aromatic nitrogens is 1. The lowest BCUT2D eigenvalue weighted by Gasteiger charge is -2.20. The molecule has 0 radical (unpaired) electrons. The van der Waals surface area contributed by atoms with E-state index in [1.807, 2.05) is 13.0 Å². The summed E-state index contributed by atoms with van der Waals surface area (Å²) in [5.41, 5.74) is 0.0645. The van der Waals surface area contributed by atoms with Crippen molar-refractivity contribution in [2.45, 2.75) is 38.6 Å². The van der Waals surface area contributed by atoms with E-state index in [4.69, 9.17) is 5.26 Å². The predicted molar refractivity (Wildman–Crippen MR) is 70.6 cm³/mol. The molecule has 0 aromatic carbocycles. The van der Waals surface area contributed by atoms with Gasteiger partial charge in [-0.05, 0) is 25.7 Å². The maximum absolute atomic E-state index is 11.0. The zero-order valence-electron chi connectivity index (χ0n) is 10.8. The summed E-state index contributed by atoms with van der Waals surface area (Å²) in [6.07, 6.45) is 6.10. The van der Waals surface area contributed by atoms with Gasteiger partial charge in [0.15, 0.2) is 0 Å². The van der Waals surface area contributed by atoms with E-state index in [1.54, 1.807) is 0 Å². The third kappa shape index (κ3) is 2.99. The first kappa shape index (κ1) is 13.3. The number of nitrogens with zero attached hydrogens (tertiary/aromatic N) is 3. The first-order valence-electron chi connectivity index (χ1n) is 6.43. The Kier molecular flexibility index (Phi) is 3.95. The fourth-order valence-corrected chi connectivity index (χ4v) is 2.56. The standard InChI is InChI=1S/C13H16N4O2/c1-9(11-4-2-3-5-11)16-13-12(17(18)19)6-10(7-14)8-15-13/h6,8-9,11H,2-5H2,1H3,(H,15,16). The van der Waals surface area contributed by atoms with E-state index in [-0.39, 0.29) is 23.1 Å². The van der Waals surface area contributed by atoms with Gasteiger partial charge in [-0.1, -0.05) is 12.8 Å². The second-order valence-corrected chi connectivity index (χ2v) is 4.94. The average molecular weight is 260 g/mol. The summed E-state index contributed by atoms with van der Waals surface area (Å²) >= 11 is 0. The van der Waals surface area contributed by atoms with Gasteiger partial charge in [0, 0.05) is 18.3 Å². The highest BCUT2D eigenvalue weighted by molar-refractivity contribution is 5.58. The number of anilines is 1. The van der Waals surface area contributed by atoms with Crippen LogP contribution in [0.3, 0.4) is 0 Å². The summed E-state index contributed by atoms with van der Waals surface area (Å²) in [6, 6.07) is 3.28. The van der Waals surface area contributed by atoms with Crippen LogP contribution in [-0.2, 0) is 0 Å². The van der Waals surface area contributed by atoms with Crippen molar-refractivity contribution in [3.63, 3.8) is 0 Å². The Hall–Kier alpha value is -2.16. The minimum Gasteiger partial charge on any atom is -0.362 e. The molecule has 6 nitrogen and oxygen atoms in total. The second kappa shape index (κ2) is 5.65. The van der Waals surface area contributed by atoms with Gasteiger partial charge in [0.25, 0.3) is 0 Å². The quantitative estimate of drug-likeness (QED) is 0.663. The van der Waals surface area contributed by atoms with Crippen LogP contribution in [0.15, 0.2) is 12.3 Å². The van der Waals surface area contributed by atoms with Gasteiger partial charge >= 0.3 is 5.69 Å². The molecule has 1 unspecified atom stereocenters. The molecule has 19 heavy (non-hydrogen) atoms. The van der Waals surface area contributed by atoms with Crippen LogP contribution in [0.2, 0.25) is 0 Å². The number of nitriles is 1. The molecule has 1 atom stereocenters. The number of nitro groups is 1. The van der Waals surface area contributed by atoms with Crippen LogP contribution in [0.1, 0.15) is 38.2 Å². The minimum atomic E-state index is -0.502. The van der Waals surface area contributed by atoms with Crippen LogP contribution in [-0.4, -0.2) is 15.9 Å². The highest BCUT2D eigenvalue weighted by atomic mass is 16.6. The summed E-state index contributed by atoms with van der Waals surface area (Å²) < 4.78 is 0. The molecule has 1 aromatic heterocycles. The first-order chi connectivity index (χ1) is 9.11. The molecule has 100 valence electrons. The molecule has 0 saturated heterocycles. The molecule has 6 heteroatoms. The Morgan fingerprint density at radius 1 is 1.58 bits per heavy atom. The van der Waals surface area contributed by atoms with Crippen molar-refractivity contribution in [2.24, 2.45) is 5.92 Å². The van der Waals surface area contributed by atoms with E-state index in [0.717, 1.165) is 12.8 Å². The van der Waals surface area contributed by atoms with Gasteiger partial charge < -0.3 is 5.32 Å².